The first kappa shape index (κ1) is 12.2. The average molecular weight is 236 g/mol. The summed E-state index contributed by atoms with van der Waals surface area (Å²) >= 11 is 7.25. The Kier molecular flexibility index (Phi) is 3.93. The Labute approximate surface area is 119 Å². The number of rotatable bonds is 2. The van der Waals surface area contributed by atoms with Gasteiger partial charge < -0.3 is 12.6 Å². The van der Waals surface area contributed by atoms with Crippen LogP contribution in [0, 0.1) is 17.8 Å². The molecule has 4 aliphatic carbocycles. The second-order valence-corrected chi connectivity index (χ2v) is 7.46. The van der Waals surface area contributed by atoms with Crippen molar-refractivity contribution in [2.75, 3.05) is 5.08 Å². The topological polar surface area (TPSA) is 0 Å². The van der Waals surface area contributed by atoms with Crippen LogP contribution in [0.4, 0.5) is 0 Å². The van der Waals surface area contributed by atoms with Gasteiger partial charge in [0, 0.05) is 4.75 Å². The predicted molar refractivity (Wildman–Crippen MR) is 60.7 cm³/mol. The van der Waals surface area contributed by atoms with Crippen LogP contribution in [-0.4, -0.2) is 9.83 Å². The van der Waals surface area contributed by atoms with E-state index in [1.165, 1.54) is 19.3 Å². The minimum atomic E-state index is 0. The van der Waals surface area contributed by atoms with Crippen molar-refractivity contribution in [3.05, 3.63) is 0 Å². The Bertz CT molecular complexity index is 182. The molecule has 0 nitrogen and oxygen atoms in total. The summed E-state index contributed by atoms with van der Waals surface area (Å²) in [4.78, 5) is 0. The van der Waals surface area contributed by atoms with Gasteiger partial charge in [-0.25, -0.2) is 0 Å². The van der Waals surface area contributed by atoms with E-state index in [-0.39, 0.29) is 29.6 Å². The van der Waals surface area contributed by atoms with E-state index in [0.717, 1.165) is 22.8 Å². The van der Waals surface area contributed by atoms with Gasteiger partial charge in [0.1, 0.15) is 0 Å². The molecule has 0 aromatic rings. The third-order valence-electron chi connectivity index (χ3n) is 4.35. The van der Waals surface area contributed by atoms with Gasteiger partial charge in [-0.3, -0.25) is 0 Å². The fourth-order valence-electron chi connectivity index (χ4n) is 4.33. The molecule has 0 amide bonds. The molecule has 3 heteroatoms. The van der Waals surface area contributed by atoms with E-state index in [0.29, 0.717) is 4.75 Å². The molecule has 0 heterocycles. The van der Waals surface area contributed by atoms with Gasteiger partial charge in [0.25, 0.3) is 0 Å². The molecular weight excluding hydrogens is 219 g/mol. The van der Waals surface area contributed by atoms with E-state index in [4.69, 9.17) is 12.6 Å². The Morgan fingerprint density at radius 3 is 1.79 bits per heavy atom. The van der Waals surface area contributed by atoms with Gasteiger partial charge in [0.2, 0.25) is 0 Å². The van der Waals surface area contributed by atoms with Crippen molar-refractivity contribution in [2.45, 2.75) is 43.3 Å². The van der Waals surface area contributed by atoms with Crippen molar-refractivity contribution < 1.29 is 29.6 Å². The molecule has 74 valence electrons. The summed E-state index contributed by atoms with van der Waals surface area (Å²) in [5.74, 6) is 3.25. The zero-order valence-electron chi connectivity index (χ0n) is 9.00. The number of thioether (sulfide) groups is 1. The van der Waals surface area contributed by atoms with Gasteiger partial charge in [0.05, 0.1) is 0 Å². The fraction of sp³-hybridized carbons (Fsp3) is 1.00. The molecule has 4 fully saturated rings. The van der Waals surface area contributed by atoms with Gasteiger partial charge in [0.15, 0.2) is 0 Å². The maximum Gasteiger partial charge on any atom is 1.00 e. The first-order chi connectivity index (χ1) is 6.30. The largest absolute Gasteiger partial charge is 1.00 e. The molecule has 0 aromatic carbocycles. The summed E-state index contributed by atoms with van der Waals surface area (Å²) in [5.41, 5.74) is 0. The Morgan fingerprint density at radius 2 is 1.43 bits per heavy atom. The standard InChI is InChI=1S/C11H18S2.Na/c12-7-13-11-4-8-1-9(5-11)3-10(2-8)6-11;/h8-10,12H,1-7H2;/q;+1/p-1. The molecule has 0 unspecified atom stereocenters. The van der Waals surface area contributed by atoms with Crippen LogP contribution >= 0.6 is 11.8 Å². The van der Waals surface area contributed by atoms with Gasteiger partial charge >= 0.3 is 29.6 Å². The van der Waals surface area contributed by atoms with Crippen molar-refractivity contribution in [2.24, 2.45) is 17.8 Å². The maximum absolute atomic E-state index is 5.15. The summed E-state index contributed by atoms with van der Waals surface area (Å²) in [5, 5.41) is 0.923. The number of hydrogen-bond acceptors (Lipinski definition) is 2. The second-order valence-electron chi connectivity index (χ2n) is 5.36. The number of hydrogen-bond donors (Lipinski definition) is 0. The molecule has 14 heavy (non-hydrogen) atoms. The Balaban J connectivity index is 0.000000750. The van der Waals surface area contributed by atoms with Crippen LogP contribution in [0.25, 0.3) is 0 Å². The van der Waals surface area contributed by atoms with Crippen molar-refractivity contribution in [3.63, 3.8) is 0 Å². The Hall–Kier alpha value is 1.70. The third-order valence-corrected chi connectivity index (χ3v) is 5.93. The minimum absolute atomic E-state index is 0. The molecule has 0 aromatic heterocycles. The van der Waals surface area contributed by atoms with E-state index in [2.05, 4.69) is 11.8 Å². The quantitative estimate of drug-likeness (QED) is 0.496. The third kappa shape index (κ3) is 2.07. The van der Waals surface area contributed by atoms with Gasteiger partial charge in [-0.15, -0.1) is 5.08 Å². The first-order valence-corrected chi connectivity index (χ1v) is 7.08. The Morgan fingerprint density at radius 1 is 1.00 bits per heavy atom. The second kappa shape index (κ2) is 4.52. The molecule has 0 spiro atoms. The van der Waals surface area contributed by atoms with E-state index in [9.17, 15) is 0 Å². The van der Waals surface area contributed by atoms with Gasteiger partial charge in [-0.05, 0) is 56.3 Å². The van der Waals surface area contributed by atoms with Gasteiger partial charge in [-0.1, -0.05) is 0 Å². The van der Waals surface area contributed by atoms with Crippen molar-refractivity contribution in [3.8, 4) is 0 Å². The fourth-order valence-corrected chi connectivity index (χ4v) is 6.39. The SMILES string of the molecule is [Na+].[S-]CSC12CC3CC(CC(C3)C1)C2. The first-order valence-electron chi connectivity index (χ1n) is 5.52. The summed E-state index contributed by atoms with van der Waals surface area (Å²) in [6.45, 7) is 0. The smallest absolute Gasteiger partial charge is 0.782 e. The zero-order valence-corrected chi connectivity index (χ0v) is 12.6. The molecular formula is C11H17NaS2. The average Bonchev–Trinajstić information content (AvgIpc) is 2.00. The van der Waals surface area contributed by atoms with Crippen molar-refractivity contribution >= 4 is 24.4 Å². The van der Waals surface area contributed by atoms with Crippen LogP contribution in [0.2, 0.25) is 0 Å². The minimum Gasteiger partial charge on any atom is -0.782 e. The van der Waals surface area contributed by atoms with E-state index < -0.39 is 0 Å². The molecule has 0 atom stereocenters. The summed E-state index contributed by atoms with van der Waals surface area (Å²) in [6.07, 6.45) is 9.16. The molecule has 4 saturated carbocycles. The van der Waals surface area contributed by atoms with Crippen LogP contribution in [0.3, 0.4) is 0 Å². The van der Waals surface area contributed by atoms with E-state index in [1.807, 2.05) is 0 Å². The zero-order chi connectivity index (χ0) is 8.89. The summed E-state index contributed by atoms with van der Waals surface area (Å²) in [6, 6.07) is 0. The van der Waals surface area contributed by atoms with Crippen molar-refractivity contribution in [1.29, 1.82) is 0 Å². The molecule has 0 N–H and O–H groups in total. The summed E-state index contributed by atoms with van der Waals surface area (Å²) in [7, 11) is 0. The van der Waals surface area contributed by atoms with Crippen LogP contribution in [-0.2, 0) is 12.6 Å². The molecule has 4 aliphatic rings. The van der Waals surface area contributed by atoms with E-state index >= 15 is 0 Å². The van der Waals surface area contributed by atoms with Crippen LogP contribution in [0.5, 0.6) is 0 Å². The van der Waals surface area contributed by atoms with E-state index in [1.54, 1.807) is 19.3 Å². The van der Waals surface area contributed by atoms with Gasteiger partial charge in [-0.2, -0.15) is 11.8 Å². The normalized spacial score (nSPS) is 49.1. The van der Waals surface area contributed by atoms with Crippen LogP contribution < -0.4 is 29.6 Å². The maximum atomic E-state index is 5.15. The molecule has 4 rings (SSSR count). The molecule has 0 radical (unpaired) electrons. The predicted octanol–water partition coefficient (Wildman–Crippen LogP) is 0.197. The van der Waals surface area contributed by atoms with Crippen LogP contribution in [0.15, 0.2) is 0 Å². The van der Waals surface area contributed by atoms with Crippen LogP contribution in [0.1, 0.15) is 38.5 Å². The molecule has 0 saturated heterocycles. The molecule has 0 aliphatic heterocycles. The molecule has 4 bridgehead atoms. The van der Waals surface area contributed by atoms with Crippen molar-refractivity contribution in [1.82, 2.24) is 0 Å². The summed E-state index contributed by atoms with van der Waals surface area (Å²) < 4.78 is 0.663. The monoisotopic (exact) mass is 236 g/mol.